The van der Waals surface area contributed by atoms with Crippen molar-refractivity contribution in [2.75, 3.05) is 0 Å². The number of aryl methyl sites for hydroxylation is 1. The highest BCUT2D eigenvalue weighted by Gasteiger charge is 2.44. The second kappa shape index (κ2) is 5.16. The predicted molar refractivity (Wildman–Crippen MR) is 78.7 cm³/mol. The number of hydrogen-bond donors (Lipinski definition) is 1. The van der Waals surface area contributed by atoms with Gasteiger partial charge < -0.3 is 9.84 Å². The van der Waals surface area contributed by atoms with E-state index in [9.17, 15) is 5.11 Å². The summed E-state index contributed by atoms with van der Waals surface area (Å²) in [6, 6.07) is 8.81. The minimum atomic E-state index is -0.179. The molecule has 2 fully saturated rings. The quantitative estimate of drug-likeness (QED) is 0.913. The van der Waals surface area contributed by atoms with E-state index >= 15 is 0 Å². The van der Waals surface area contributed by atoms with E-state index < -0.39 is 0 Å². The van der Waals surface area contributed by atoms with Gasteiger partial charge in [-0.15, -0.1) is 0 Å². The summed E-state index contributed by atoms with van der Waals surface area (Å²) >= 11 is 0. The zero-order valence-corrected chi connectivity index (χ0v) is 12.0. The highest BCUT2D eigenvalue weighted by atomic mass is 16.5. The minimum Gasteiger partial charge on any atom is -0.393 e. The van der Waals surface area contributed by atoms with Crippen LogP contribution in [0.4, 0.5) is 0 Å². The summed E-state index contributed by atoms with van der Waals surface area (Å²) in [5, 5.41) is 10.7. The summed E-state index contributed by atoms with van der Waals surface area (Å²) in [5.74, 6) is 0.942. The third-order valence-corrected chi connectivity index (χ3v) is 5.67. The molecule has 4 rings (SSSR count). The van der Waals surface area contributed by atoms with Crippen LogP contribution in [-0.4, -0.2) is 23.4 Å². The predicted octanol–water partition coefficient (Wildman–Crippen LogP) is 3.43. The number of aliphatic hydroxyl groups is 1. The molecule has 2 heterocycles. The summed E-state index contributed by atoms with van der Waals surface area (Å²) in [6.07, 6.45) is 8.69. The van der Waals surface area contributed by atoms with E-state index in [1.165, 1.54) is 36.8 Å². The maximum Gasteiger partial charge on any atom is 0.0633 e. The van der Waals surface area contributed by atoms with Gasteiger partial charge in [0.1, 0.15) is 0 Å². The van der Waals surface area contributed by atoms with Crippen molar-refractivity contribution in [1.82, 2.24) is 0 Å². The molecule has 1 aliphatic carbocycles. The van der Waals surface area contributed by atoms with E-state index in [1.54, 1.807) is 0 Å². The average molecular weight is 272 g/mol. The normalized spacial score (nSPS) is 36.9. The molecular formula is C18H24O2. The lowest BCUT2D eigenvalue weighted by atomic mass is 9.76. The molecule has 2 bridgehead atoms. The van der Waals surface area contributed by atoms with Crippen LogP contribution in [0, 0.1) is 5.92 Å². The number of hydrogen-bond acceptors (Lipinski definition) is 2. The summed E-state index contributed by atoms with van der Waals surface area (Å²) in [4.78, 5) is 0. The zero-order chi connectivity index (χ0) is 13.5. The summed E-state index contributed by atoms with van der Waals surface area (Å²) < 4.78 is 5.90. The van der Waals surface area contributed by atoms with Gasteiger partial charge in [0, 0.05) is 5.92 Å². The van der Waals surface area contributed by atoms with Gasteiger partial charge in [-0.25, -0.2) is 0 Å². The molecule has 0 amide bonds. The van der Waals surface area contributed by atoms with Crippen molar-refractivity contribution >= 4 is 0 Å². The Kier molecular flexibility index (Phi) is 3.31. The Labute approximate surface area is 121 Å². The van der Waals surface area contributed by atoms with Gasteiger partial charge in [-0.1, -0.05) is 24.3 Å². The van der Waals surface area contributed by atoms with Crippen LogP contribution in [0.5, 0.6) is 0 Å². The van der Waals surface area contributed by atoms with Crippen LogP contribution in [-0.2, 0) is 11.2 Å². The highest BCUT2D eigenvalue weighted by molar-refractivity contribution is 5.32. The van der Waals surface area contributed by atoms with Gasteiger partial charge in [-0.3, -0.25) is 0 Å². The first kappa shape index (κ1) is 12.8. The van der Waals surface area contributed by atoms with Crippen LogP contribution < -0.4 is 0 Å². The third kappa shape index (κ3) is 2.19. The van der Waals surface area contributed by atoms with Crippen molar-refractivity contribution in [2.45, 2.75) is 69.2 Å². The summed E-state index contributed by atoms with van der Waals surface area (Å²) in [6.45, 7) is 0. The smallest absolute Gasteiger partial charge is 0.0633 e. The maximum absolute atomic E-state index is 10.7. The van der Waals surface area contributed by atoms with Crippen molar-refractivity contribution in [3.05, 3.63) is 35.4 Å². The second-order valence-corrected chi connectivity index (χ2v) is 6.86. The van der Waals surface area contributed by atoms with E-state index in [0.717, 1.165) is 19.3 Å². The second-order valence-electron chi connectivity index (χ2n) is 6.86. The number of fused-ring (bicyclic) bond motifs is 3. The molecular weight excluding hydrogens is 248 g/mol. The largest absolute Gasteiger partial charge is 0.393 e. The Hall–Kier alpha value is -0.860. The Bertz CT molecular complexity index is 484. The van der Waals surface area contributed by atoms with Gasteiger partial charge in [0.15, 0.2) is 0 Å². The van der Waals surface area contributed by atoms with Gasteiger partial charge in [0.05, 0.1) is 18.3 Å². The lowest BCUT2D eigenvalue weighted by molar-refractivity contribution is 0.0345. The van der Waals surface area contributed by atoms with Gasteiger partial charge >= 0.3 is 0 Å². The molecule has 20 heavy (non-hydrogen) atoms. The van der Waals surface area contributed by atoms with Crippen LogP contribution in [0.2, 0.25) is 0 Å². The summed E-state index contributed by atoms with van der Waals surface area (Å²) in [7, 11) is 0. The van der Waals surface area contributed by atoms with Gasteiger partial charge in [0.25, 0.3) is 0 Å². The molecule has 1 aromatic carbocycles. The zero-order valence-electron chi connectivity index (χ0n) is 12.0. The van der Waals surface area contributed by atoms with Crippen LogP contribution in [0.3, 0.4) is 0 Å². The Morgan fingerprint density at radius 2 is 2.10 bits per heavy atom. The first-order valence-electron chi connectivity index (χ1n) is 8.22. The van der Waals surface area contributed by atoms with Crippen molar-refractivity contribution in [1.29, 1.82) is 0 Å². The average Bonchev–Trinajstić information content (AvgIpc) is 3.10. The maximum atomic E-state index is 10.7. The number of aliphatic hydroxyl groups excluding tert-OH is 1. The molecule has 2 heteroatoms. The molecule has 1 aromatic rings. The Balaban J connectivity index is 1.47. The molecule has 5 unspecified atom stereocenters. The fourth-order valence-electron chi connectivity index (χ4n) is 4.65. The van der Waals surface area contributed by atoms with Crippen molar-refractivity contribution < 1.29 is 9.84 Å². The topological polar surface area (TPSA) is 29.5 Å². The molecule has 2 nitrogen and oxygen atoms in total. The van der Waals surface area contributed by atoms with Crippen LogP contribution in [0.15, 0.2) is 24.3 Å². The first-order chi connectivity index (χ1) is 9.81. The standard InChI is InChI=1S/C18H24O2/c19-17(16-11-14-8-9-18(16)20-14)10-13-6-3-5-12-4-1-2-7-15(12)13/h1-2,4,7,13-14,16-19H,3,5-6,8-11H2. The molecule has 2 saturated heterocycles. The Morgan fingerprint density at radius 1 is 1.20 bits per heavy atom. The van der Waals surface area contributed by atoms with Crippen molar-refractivity contribution in [3.63, 3.8) is 0 Å². The molecule has 108 valence electrons. The summed E-state index contributed by atoms with van der Waals surface area (Å²) in [5.41, 5.74) is 2.99. The highest BCUT2D eigenvalue weighted by Crippen LogP contribution is 2.43. The van der Waals surface area contributed by atoms with E-state index in [0.29, 0.717) is 24.0 Å². The van der Waals surface area contributed by atoms with E-state index in [1.807, 2.05) is 0 Å². The van der Waals surface area contributed by atoms with Gasteiger partial charge in [-0.2, -0.15) is 0 Å². The van der Waals surface area contributed by atoms with E-state index in [4.69, 9.17) is 4.74 Å². The van der Waals surface area contributed by atoms with Crippen LogP contribution in [0.1, 0.15) is 55.6 Å². The monoisotopic (exact) mass is 272 g/mol. The molecule has 0 aromatic heterocycles. The minimum absolute atomic E-state index is 0.179. The first-order valence-corrected chi connectivity index (χ1v) is 8.22. The molecule has 0 radical (unpaired) electrons. The molecule has 2 aliphatic heterocycles. The van der Waals surface area contributed by atoms with Crippen molar-refractivity contribution in [3.8, 4) is 0 Å². The van der Waals surface area contributed by atoms with Crippen LogP contribution in [0.25, 0.3) is 0 Å². The molecule has 0 spiro atoms. The lowest BCUT2D eigenvalue weighted by Crippen LogP contribution is -2.31. The van der Waals surface area contributed by atoms with E-state index in [-0.39, 0.29) is 6.10 Å². The Morgan fingerprint density at radius 3 is 2.90 bits per heavy atom. The fraction of sp³-hybridized carbons (Fsp3) is 0.667. The van der Waals surface area contributed by atoms with Crippen LogP contribution >= 0.6 is 0 Å². The molecule has 1 N–H and O–H groups in total. The number of benzene rings is 1. The van der Waals surface area contributed by atoms with Crippen molar-refractivity contribution in [2.24, 2.45) is 5.92 Å². The third-order valence-electron chi connectivity index (χ3n) is 5.67. The lowest BCUT2D eigenvalue weighted by Gasteiger charge is -2.31. The molecule has 5 atom stereocenters. The SMILES string of the molecule is OC(CC1CCCc2ccccc21)C1CC2CCC1O2. The fourth-order valence-corrected chi connectivity index (χ4v) is 4.65. The van der Waals surface area contributed by atoms with E-state index in [2.05, 4.69) is 24.3 Å². The number of rotatable bonds is 3. The number of ether oxygens (including phenoxy) is 1. The molecule has 0 saturated carbocycles. The van der Waals surface area contributed by atoms with Gasteiger partial charge in [0.2, 0.25) is 0 Å². The molecule has 3 aliphatic rings. The van der Waals surface area contributed by atoms with Gasteiger partial charge in [-0.05, 0) is 62.0 Å².